The summed E-state index contributed by atoms with van der Waals surface area (Å²) in [5.41, 5.74) is 0. The van der Waals surface area contributed by atoms with Crippen LogP contribution < -0.4 is 0 Å². The average Bonchev–Trinajstić information content (AvgIpc) is 2.24. The van der Waals surface area contributed by atoms with Crippen molar-refractivity contribution in [1.29, 1.82) is 0 Å². The molecule has 2 atom stereocenters. The Labute approximate surface area is 80.9 Å². The third-order valence-corrected chi connectivity index (χ3v) is 3.97. The van der Waals surface area contributed by atoms with Crippen LogP contribution in [0.4, 0.5) is 4.79 Å². The van der Waals surface area contributed by atoms with Crippen molar-refractivity contribution in [2.75, 3.05) is 18.6 Å². The Morgan fingerprint density at radius 1 is 1.46 bits per heavy atom. The lowest BCUT2D eigenvalue weighted by atomic mass is 10.3. The van der Waals surface area contributed by atoms with Crippen LogP contribution in [0.1, 0.15) is 0 Å². The molecule has 0 spiro atoms. The van der Waals surface area contributed by atoms with E-state index < -0.39 is 27.5 Å². The number of halogens is 1. The zero-order chi connectivity index (χ0) is 10.1. The van der Waals surface area contributed by atoms with Crippen molar-refractivity contribution in [3.63, 3.8) is 0 Å². The maximum atomic E-state index is 11.0. The summed E-state index contributed by atoms with van der Waals surface area (Å²) < 4.78 is 30.9. The molecule has 0 amide bonds. The van der Waals surface area contributed by atoms with Crippen LogP contribution in [0.3, 0.4) is 0 Å². The maximum absolute atomic E-state index is 11.0. The SMILES string of the molecule is COC(=O)O[C@@H]1CS(=O)(=O)C[C@H]1Cl. The van der Waals surface area contributed by atoms with Gasteiger partial charge in [-0.2, -0.15) is 0 Å². The van der Waals surface area contributed by atoms with Crippen molar-refractivity contribution >= 4 is 27.6 Å². The summed E-state index contributed by atoms with van der Waals surface area (Å²) in [7, 11) is -2.02. The Hall–Kier alpha value is -0.490. The van der Waals surface area contributed by atoms with Gasteiger partial charge in [-0.05, 0) is 0 Å². The molecule has 1 aliphatic rings. The Bertz CT molecular complexity index is 298. The molecule has 1 aliphatic heterocycles. The van der Waals surface area contributed by atoms with E-state index in [-0.39, 0.29) is 11.5 Å². The maximum Gasteiger partial charge on any atom is 0.508 e. The molecule has 1 heterocycles. The van der Waals surface area contributed by atoms with Gasteiger partial charge in [0, 0.05) is 0 Å². The van der Waals surface area contributed by atoms with Crippen LogP contribution >= 0.6 is 11.6 Å². The summed E-state index contributed by atoms with van der Waals surface area (Å²) in [5, 5.41) is -0.677. The number of methoxy groups -OCH3 is 1. The molecular weight excluding hydrogens is 220 g/mol. The van der Waals surface area contributed by atoms with Crippen molar-refractivity contribution in [3.05, 3.63) is 0 Å². The van der Waals surface area contributed by atoms with E-state index in [9.17, 15) is 13.2 Å². The van der Waals surface area contributed by atoms with Crippen LogP contribution in [0.25, 0.3) is 0 Å². The first-order chi connectivity index (χ1) is 5.94. The first kappa shape index (κ1) is 10.6. The number of sulfone groups is 1. The number of hydrogen-bond donors (Lipinski definition) is 0. The van der Waals surface area contributed by atoms with Crippen LogP contribution in [0.2, 0.25) is 0 Å². The number of carbonyl (C=O) groups is 1. The van der Waals surface area contributed by atoms with Gasteiger partial charge in [0.2, 0.25) is 0 Å². The van der Waals surface area contributed by atoms with Gasteiger partial charge in [0.05, 0.1) is 24.0 Å². The summed E-state index contributed by atoms with van der Waals surface area (Å²) in [6.45, 7) is 0. The summed E-state index contributed by atoms with van der Waals surface area (Å²) in [6.07, 6.45) is -1.70. The summed E-state index contributed by atoms with van der Waals surface area (Å²) >= 11 is 5.65. The van der Waals surface area contributed by atoms with E-state index in [1.165, 1.54) is 0 Å². The molecule has 0 unspecified atom stereocenters. The number of carbonyl (C=O) groups excluding carboxylic acids is 1. The summed E-state index contributed by atoms with van der Waals surface area (Å²) in [4.78, 5) is 10.6. The molecule has 5 nitrogen and oxygen atoms in total. The van der Waals surface area contributed by atoms with Gasteiger partial charge in [-0.25, -0.2) is 13.2 Å². The van der Waals surface area contributed by atoms with E-state index in [1.54, 1.807) is 0 Å². The Balaban J connectivity index is 2.59. The fourth-order valence-corrected chi connectivity index (χ4v) is 3.51. The molecule has 0 aliphatic carbocycles. The molecular formula is C6H9ClO5S. The lowest BCUT2D eigenvalue weighted by molar-refractivity contribution is 0.0469. The van der Waals surface area contributed by atoms with Gasteiger partial charge >= 0.3 is 6.16 Å². The molecule has 0 aromatic carbocycles. The number of alkyl halides is 1. The van der Waals surface area contributed by atoms with Crippen molar-refractivity contribution in [1.82, 2.24) is 0 Å². The highest BCUT2D eigenvalue weighted by Gasteiger charge is 2.39. The van der Waals surface area contributed by atoms with E-state index in [0.29, 0.717) is 0 Å². The van der Waals surface area contributed by atoms with Crippen LogP contribution in [-0.4, -0.2) is 44.7 Å². The highest BCUT2D eigenvalue weighted by atomic mass is 35.5. The summed E-state index contributed by atoms with van der Waals surface area (Å²) in [6, 6.07) is 0. The molecule has 7 heteroatoms. The Morgan fingerprint density at radius 3 is 2.46 bits per heavy atom. The van der Waals surface area contributed by atoms with Gasteiger partial charge in [-0.3, -0.25) is 0 Å². The first-order valence-corrected chi connectivity index (χ1v) is 5.79. The molecule has 1 rings (SSSR count). The topological polar surface area (TPSA) is 69.7 Å². The van der Waals surface area contributed by atoms with Crippen molar-refractivity contribution in [3.8, 4) is 0 Å². The Morgan fingerprint density at radius 2 is 2.08 bits per heavy atom. The highest BCUT2D eigenvalue weighted by molar-refractivity contribution is 7.91. The number of rotatable bonds is 1. The second-order valence-corrected chi connectivity index (χ2v) is 5.42. The second kappa shape index (κ2) is 3.71. The Kier molecular flexibility index (Phi) is 3.02. The van der Waals surface area contributed by atoms with Gasteiger partial charge in [0.25, 0.3) is 0 Å². The van der Waals surface area contributed by atoms with Gasteiger partial charge in [-0.1, -0.05) is 0 Å². The lowest BCUT2D eigenvalue weighted by Gasteiger charge is -2.11. The second-order valence-electron chi connectivity index (χ2n) is 2.70. The molecule has 1 saturated heterocycles. The molecule has 1 fully saturated rings. The van der Waals surface area contributed by atoms with E-state index in [4.69, 9.17) is 11.6 Å². The third kappa shape index (κ3) is 2.73. The van der Waals surface area contributed by atoms with Gasteiger partial charge < -0.3 is 9.47 Å². The molecule has 76 valence electrons. The molecule has 0 bridgehead atoms. The van der Waals surface area contributed by atoms with Crippen molar-refractivity contribution < 1.29 is 22.7 Å². The van der Waals surface area contributed by atoms with Crippen LogP contribution in [0.5, 0.6) is 0 Å². The minimum absolute atomic E-state index is 0.157. The molecule has 0 N–H and O–H groups in total. The lowest BCUT2D eigenvalue weighted by Crippen LogP contribution is -2.26. The standard InChI is InChI=1S/C6H9ClO5S/c1-11-6(8)12-5-3-13(9,10)2-4(5)7/h4-5H,2-3H2,1H3/t4-,5-/m1/s1. The van der Waals surface area contributed by atoms with E-state index in [0.717, 1.165) is 7.11 Å². The smallest absolute Gasteiger partial charge is 0.438 e. The normalized spacial score (nSPS) is 31.2. The van der Waals surface area contributed by atoms with Crippen LogP contribution in [-0.2, 0) is 19.3 Å². The third-order valence-electron chi connectivity index (χ3n) is 1.65. The first-order valence-electron chi connectivity index (χ1n) is 3.54. The van der Waals surface area contributed by atoms with E-state index in [2.05, 4.69) is 9.47 Å². The summed E-state index contributed by atoms with van der Waals surface area (Å²) in [5.74, 6) is -0.382. The fourth-order valence-electron chi connectivity index (χ4n) is 1.05. The van der Waals surface area contributed by atoms with Crippen molar-refractivity contribution in [2.24, 2.45) is 0 Å². The molecule has 0 radical (unpaired) electrons. The molecule has 0 aromatic rings. The van der Waals surface area contributed by atoms with Gasteiger partial charge in [0.1, 0.15) is 6.10 Å². The minimum atomic E-state index is -3.16. The zero-order valence-electron chi connectivity index (χ0n) is 6.90. The predicted molar refractivity (Wildman–Crippen MR) is 45.6 cm³/mol. The number of ether oxygens (including phenoxy) is 2. The van der Waals surface area contributed by atoms with Crippen LogP contribution in [0, 0.1) is 0 Å². The fraction of sp³-hybridized carbons (Fsp3) is 0.833. The molecule has 13 heavy (non-hydrogen) atoms. The van der Waals surface area contributed by atoms with Gasteiger partial charge in [-0.15, -0.1) is 11.6 Å². The van der Waals surface area contributed by atoms with E-state index in [1.807, 2.05) is 0 Å². The average molecular weight is 229 g/mol. The van der Waals surface area contributed by atoms with Crippen molar-refractivity contribution in [2.45, 2.75) is 11.5 Å². The molecule has 0 aromatic heterocycles. The highest BCUT2D eigenvalue weighted by Crippen LogP contribution is 2.21. The quantitative estimate of drug-likeness (QED) is 0.473. The van der Waals surface area contributed by atoms with Crippen LogP contribution in [0.15, 0.2) is 0 Å². The predicted octanol–water partition coefficient (Wildman–Crippen LogP) is 0.174. The largest absolute Gasteiger partial charge is 0.508 e. The molecule has 0 saturated carbocycles. The zero-order valence-corrected chi connectivity index (χ0v) is 8.47. The van der Waals surface area contributed by atoms with E-state index >= 15 is 0 Å². The minimum Gasteiger partial charge on any atom is -0.438 e. The monoisotopic (exact) mass is 228 g/mol. The number of hydrogen-bond acceptors (Lipinski definition) is 5. The van der Waals surface area contributed by atoms with Gasteiger partial charge in [0.15, 0.2) is 9.84 Å².